The van der Waals surface area contributed by atoms with E-state index < -0.39 is 35.7 Å². The van der Waals surface area contributed by atoms with Gasteiger partial charge >= 0.3 is 6.09 Å². The molecular weight excluding hydrogens is 492 g/mol. The van der Waals surface area contributed by atoms with E-state index in [9.17, 15) is 24.3 Å². The molecule has 2 aliphatic rings. The number of morpholine rings is 1. The Morgan fingerprint density at radius 2 is 1.87 bits per heavy atom. The van der Waals surface area contributed by atoms with Crippen LogP contribution >= 0.6 is 0 Å². The van der Waals surface area contributed by atoms with Crippen molar-refractivity contribution >= 4 is 35.2 Å². The summed E-state index contributed by atoms with van der Waals surface area (Å²) in [7, 11) is 1.71. The minimum atomic E-state index is -1.74. The molecule has 11 heteroatoms. The molecule has 11 nitrogen and oxygen atoms in total. The van der Waals surface area contributed by atoms with Crippen LogP contribution in [0.5, 0.6) is 0 Å². The van der Waals surface area contributed by atoms with Crippen molar-refractivity contribution in [2.45, 2.75) is 51.7 Å². The number of rotatable bonds is 6. The first-order valence-electron chi connectivity index (χ1n) is 12.3. The van der Waals surface area contributed by atoms with Gasteiger partial charge in [-0.25, -0.2) is 4.79 Å². The number of amides is 4. The molecule has 1 saturated heterocycles. The van der Waals surface area contributed by atoms with Gasteiger partial charge in [-0.15, -0.1) is 0 Å². The fourth-order valence-electron chi connectivity index (χ4n) is 4.26. The van der Waals surface area contributed by atoms with Crippen molar-refractivity contribution in [3.05, 3.63) is 59.2 Å². The van der Waals surface area contributed by atoms with Gasteiger partial charge in [-0.05, 0) is 62.2 Å². The summed E-state index contributed by atoms with van der Waals surface area (Å²) in [6, 6.07) is 11.8. The third-order valence-corrected chi connectivity index (χ3v) is 6.12. The molecule has 3 N–H and O–H groups in total. The second kappa shape index (κ2) is 10.8. The van der Waals surface area contributed by atoms with Gasteiger partial charge in [-0.2, -0.15) is 0 Å². The molecule has 4 amide bonds. The molecule has 0 spiro atoms. The Kier molecular flexibility index (Phi) is 7.70. The Morgan fingerprint density at radius 1 is 1.16 bits per heavy atom. The molecule has 38 heavy (non-hydrogen) atoms. The Balaban J connectivity index is 1.35. The molecule has 1 fully saturated rings. The molecule has 202 valence electrons. The maximum atomic E-state index is 13.2. The van der Waals surface area contributed by atoms with Gasteiger partial charge < -0.3 is 35.0 Å². The van der Waals surface area contributed by atoms with E-state index in [0.29, 0.717) is 23.5 Å². The average molecular weight is 525 g/mol. The number of alkyl carbamates (subject to hydrolysis) is 1. The van der Waals surface area contributed by atoms with E-state index in [4.69, 9.17) is 9.47 Å². The van der Waals surface area contributed by atoms with Crippen molar-refractivity contribution in [2.24, 2.45) is 0 Å². The van der Waals surface area contributed by atoms with Gasteiger partial charge in [0, 0.05) is 43.6 Å². The fraction of sp³-hybridized carbons (Fsp3) is 0.407. The van der Waals surface area contributed by atoms with Gasteiger partial charge in [-0.1, -0.05) is 12.1 Å². The summed E-state index contributed by atoms with van der Waals surface area (Å²) >= 11 is 0. The van der Waals surface area contributed by atoms with Crippen molar-refractivity contribution in [2.75, 3.05) is 30.4 Å². The fourth-order valence-corrected chi connectivity index (χ4v) is 4.26. The number of carbonyl (C=O) groups excluding carboxylic acids is 4. The number of ether oxygens (including phenoxy) is 2. The second-order valence-electron chi connectivity index (χ2n) is 10.3. The lowest BCUT2D eigenvalue weighted by Gasteiger charge is -2.34. The van der Waals surface area contributed by atoms with E-state index in [1.807, 2.05) is 0 Å². The summed E-state index contributed by atoms with van der Waals surface area (Å²) in [6.07, 6.45) is -3.65. The number of nitrogens with zero attached hydrogens (tertiary/aromatic N) is 2. The second-order valence-corrected chi connectivity index (χ2v) is 10.3. The zero-order chi connectivity index (χ0) is 27.6. The van der Waals surface area contributed by atoms with Crippen LogP contribution in [0.2, 0.25) is 0 Å². The Morgan fingerprint density at radius 3 is 2.55 bits per heavy atom. The first-order valence-corrected chi connectivity index (χ1v) is 12.3. The zero-order valence-electron chi connectivity index (χ0n) is 21.8. The van der Waals surface area contributed by atoms with E-state index >= 15 is 0 Å². The lowest BCUT2D eigenvalue weighted by molar-refractivity contribution is -0.150. The monoisotopic (exact) mass is 524 g/mol. The van der Waals surface area contributed by atoms with Crippen LogP contribution in [0.1, 0.15) is 42.3 Å². The molecule has 2 heterocycles. The number of anilines is 2. The molecule has 2 aliphatic heterocycles. The summed E-state index contributed by atoms with van der Waals surface area (Å²) in [5, 5.41) is 15.9. The molecule has 0 aromatic heterocycles. The number of benzene rings is 2. The number of aliphatic hydroxyl groups excluding tert-OH is 1. The number of carbonyl (C=O) groups is 4. The van der Waals surface area contributed by atoms with E-state index in [-0.39, 0.29) is 25.6 Å². The standard InChI is InChI=1S/C27H32N4O7/c1-27(2,3)38-26(36)28-14-16-5-7-18(8-6-16)29-23(33)21(32)22-25(35)31(11-12-37-22)19-9-10-20-17(13-19)15-30(4)24(20)34/h5-10,13,21-22,32H,11-12,14-15H2,1-4H3,(H,28,36)(H,29,33)/t21-,22-/m1/s1. The number of aliphatic hydroxyl groups is 1. The smallest absolute Gasteiger partial charge is 0.407 e. The van der Waals surface area contributed by atoms with Crippen molar-refractivity contribution in [3.63, 3.8) is 0 Å². The van der Waals surface area contributed by atoms with Crippen LogP contribution in [0.4, 0.5) is 16.2 Å². The number of fused-ring (bicyclic) bond motifs is 1. The number of hydrogen-bond donors (Lipinski definition) is 3. The van der Waals surface area contributed by atoms with E-state index in [2.05, 4.69) is 10.6 Å². The first-order chi connectivity index (χ1) is 17.9. The highest BCUT2D eigenvalue weighted by atomic mass is 16.6. The van der Waals surface area contributed by atoms with Gasteiger partial charge in [0.15, 0.2) is 12.2 Å². The highest BCUT2D eigenvalue weighted by molar-refractivity contribution is 6.04. The molecule has 0 radical (unpaired) electrons. The van der Waals surface area contributed by atoms with Crippen molar-refractivity contribution in [1.82, 2.24) is 10.2 Å². The summed E-state index contributed by atoms with van der Waals surface area (Å²) < 4.78 is 10.7. The van der Waals surface area contributed by atoms with Gasteiger partial charge in [0.2, 0.25) is 0 Å². The van der Waals surface area contributed by atoms with Crippen LogP contribution in [0.15, 0.2) is 42.5 Å². The zero-order valence-corrected chi connectivity index (χ0v) is 21.8. The van der Waals surface area contributed by atoms with Crippen LogP contribution in [0, 0.1) is 0 Å². The molecule has 2 atom stereocenters. The Hall–Kier alpha value is -3.96. The number of hydrogen-bond acceptors (Lipinski definition) is 7. The summed E-state index contributed by atoms with van der Waals surface area (Å²) in [4.78, 5) is 52.9. The minimum absolute atomic E-state index is 0.0721. The molecule has 0 unspecified atom stereocenters. The molecule has 0 bridgehead atoms. The van der Waals surface area contributed by atoms with Crippen molar-refractivity contribution < 1.29 is 33.8 Å². The summed E-state index contributed by atoms with van der Waals surface area (Å²) in [5.74, 6) is -1.40. The average Bonchev–Trinajstić information content (AvgIpc) is 3.14. The summed E-state index contributed by atoms with van der Waals surface area (Å²) in [6.45, 7) is 6.40. The van der Waals surface area contributed by atoms with Crippen LogP contribution < -0.4 is 15.5 Å². The lowest BCUT2D eigenvalue weighted by atomic mass is 10.1. The molecule has 2 aromatic rings. The predicted octanol–water partition coefficient (Wildman–Crippen LogP) is 2.03. The van der Waals surface area contributed by atoms with Crippen molar-refractivity contribution in [1.29, 1.82) is 0 Å². The van der Waals surface area contributed by atoms with E-state index in [1.165, 1.54) is 4.90 Å². The highest BCUT2D eigenvalue weighted by Gasteiger charge is 2.40. The SMILES string of the molecule is CN1Cc2cc(N3CCO[C@H]([C@@H](O)C(=O)Nc4ccc(CNC(=O)OC(C)(C)C)cc4)C3=O)ccc2C1=O. The van der Waals surface area contributed by atoms with E-state index in [1.54, 1.807) is 75.2 Å². The summed E-state index contributed by atoms with van der Waals surface area (Å²) in [5.41, 5.74) is 2.57. The van der Waals surface area contributed by atoms with Gasteiger partial charge in [0.1, 0.15) is 5.60 Å². The van der Waals surface area contributed by atoms with Gasteiger partial charge in [0.05, 0.1) is 6.61 Å². The van der Waals surface area contributed by atoms with E-state index in [0.717, 1.165) is 11.1 Å². The van der Waals surface area contributed by atoms with Crippen LogP contribution in [-0.2, 0) is 32.2 Å². The highest BCUT2D eigenvalue weighted by Crippen LogP contribution is 2.28. The Labute approximate surface area is 220 Å². The van der Waals surface area contributed by atoms with Gasteiger partial charge in [0.25, 0.3) is 17.7 Å². The maximum absolute atomic E-state index is 13.2. The lowest BCUT2D eigenvalue weighted by Crippen LogP contribution is -2.55. The van der Waals surface area contributed by atoms with Crippen LogP contribution in [0.25, 0.3) is 0 Å². The Bertz CT molecular complexity index is 1240. The first kappa shape index (κ1) is 27.1. The van der Waals surface area contributed by atoms with Crippen molar-refractivity contribution in [3.8, 4) is 0 Å². The number of nitrogens with one attached hydrogen (secondary N) is 2. The molecule has 2 aromatic carbocycles. The quantitative estimate of drug-likeness (QED) is 0.526. The molecular formula is C27H32N4O7. The van der Waals surface area contributed by atoms with Crippen LogP contribution in [0.3, 0.4) is 0 Å². The molecule has 0 aliphatic carbocycles. The third kappa shape index (κ3) is 6.12. The minimum Gasteiger partial charge on any atom is -0.444 e. The topological polar surface area (TPSA) is 138 Å². The largest absolute Gasteiger partial charge is 0.444 e. The molecule has 4 rings (SSSR count). The molecule has 0 saturated carbocycles. The maximum Gasteiger partial charge on any atom is 0.407 e. The predicted molar refractivity (Wildman–Crippen MR) is 138 cm³/mol. The normalized spacial score (nSPS) is 18.2. The van der Waals surface area contributed by atoms with Crippen LogP contribution in [-0.4, -0.2) is 71.8 Å². The van der Waals surface area contributed by atoms with Gasteiger partial charge in [-0.3, -0.25) is 14.4 Å². The third-order valence-electron chi connectivity index (χ3n) is 6.12.